The van der Waals surface area contributed by atoms with Gasteiger partial charge in [-0.2, -0.15) is 5.10 Å². The van der Waals surface area contributed by atoms with Crippen LogP contribution in [0, 0.1) is 15.9 Å². The fourth-order valence-corrected chi connectivity index (χ4v) is 3.37. The van der Waals surface area contributed by atoms with E-state index < -0.39 is 10.7 Å². The first-order valence-corrected chi connectivity index (χ1v) is 7.93. The van der Waals surface area contributed by atoms with Crippen LogP contribution in [0.3, 0.4) is 0 Å². The Morgan fingerprint density at radius 3 is 2.84 bits per heavy atom. The van der Waals surface area contributed by atoms with Crippen molar-refractivity contribution in [2.45, 2.75) is 0 Å². The third kappa shape index (κ3) is 2.81. The highest BCUT2D eigenvalue weighted by Gasteiger charge is 2.15. The monoisotopic (exact) mass is 356 g/mol. The van der Waals surface area contributed by atoms with Gasteiger partial charge < -0.3 is 4.74 Å². The number of thiophene rings is 1. The van der Waals surface area contributed by atoms with Gasteiger partial charge in [-0.05, 0) is 12.1 Å². The summed E-state index contributed by atoms with van der Waals surface area (Å²) in [6.45, 7) is 0. The second-order valence-electron chi connectivity index (χ2n) is 5.09. The lowest BCUT2D eigenvalue weighted by Crippen LogP contribution is -1.92. The van der Waals surface area contributed by atoms with Crippen LogP contribution in [0.25, 0.3) is 20.7 Å². The minimum atomic E-state index is -0.800. The Balaban J connectivity index is 1.73. The zero-order chi connectivity index (χ0) is 17.4. The zero-order valence-electron chi connectivity index (χ0n) is 12.5. The summed E-state index contributed by atoms with van der Waals surface area (Å²) >= 11 is 1.44. The Morgan fingerprint density at radius 1 is 1.24 bits per heavy atom. The van der Waals surface area contributed by atoms with Crippen LogP contribution in [0.2, 0.25) is 0 Å². The molecule has 7 nitrogen and oxygen atoms in total. The zero-order valence-corrected chi connectivity index (χ0v) is 13.3. The van der Waals surface area contributed by atoms with E-state index in [0.717, 1.165) is 21.2 Å². The number of halogens is 1. The van der Waals surface area contributed by atoms with E-state index in [1.165, 1.54) is 23.5 Å². The van der Waals surface area contributed by atoms with E-state index in [1.54, 1.807) is 24.7 Å². The van der Waals surface area contributed by atoms with E-state index in [2.05, 4.69) is 15.2 Å². The van der Waals surface area contributed by atoms with Crippen molar-refractivity contribution in [3.63, 3.8) is 0 Å². The van der Waals surface area contributed by atoms with Gasteiger partial charge in [0.05, 0.1) is 27.4 Å². The van der Waals surface area contributed by atoms with E-state index in [1.807, 2.05) is 6.07 Å². The van der Waals surface area contributed by atoms with Gasteiger partial charge in [0.25, 0.3) is 5.69 Å². The van der Waals surface area contributed by atoms with Crippen molar-refractivity contribution in [3.8, 4) is 21.9 Å². The molecule has 0 bridgehead atoms. The number of non-ortho nitro benzene ring substituents is 1. The molecule has 0 saturated heterocycles. The highest BCUT2D eigenvalue weighted by Crippen LogP contribution is 2.39. The molecule has 4 rings (SSSR count). The van der Waals surface area contributed by atoms with Gasteiger partial charge in [0.15, 0.2) is 11.6 Å². The highest BCUT2D eigenvalue weighted by molar-refractivity contribution is 7.22. The van der Waals surface area contributed by atoms with Crippen LogP contribution in [-0.2, 0) is 0 Å². The number of hydrogen-bond acceptors (Lipinski definition) is 6. The first-order chi connectivity index (χ1) is 12.1. The maximum absolute atomic E-state index is 14.1. The Morgan fingerprint density at radius 2 is 2.12 bits per heavy atom. The fourth-order valence-electron chi connectivity index (χ4n) is 2.33. The summed E-state index contributed by atoms with van der Waals surface area (Å²) < 4.78 is 20.5. The number of pyridine rings is 1. The van der Waals surface area contributed by atoms with Crippen molar-refractivity contribution < 1.29 is 14.1 Å². The summed E-state index contributed by atoms with van der Waals surface area (Å²) in [5.41, 5.74) is 1.29. The molecular formula is C16H9FN4O3S. The van der Waals surface area contributed by atoms with E-state index in [-0.39, 0.29) is 11.4 Å². The Hall–Kier alpha value is -3.33. The molecule has 0 unspecified atom stereocenters. The lowest BCUT2D eigenvalue weighted by Gasteiger charge is -2.07. The number of nitro benzene ring substituents is 1. The number of ether oxygens (including phenoxy) is 1. The third-order valence-corrected chi connectivity index (χ3v) is 4.69. The molecule has 25 heavy (non-hydrogen) atoms. The molecule has 4 aromatic rings. The number of hydrogen-bond donors (Lipinski definition) is 1. The van der Waals surface area contributed by atoms with Gasteiger partial charge in [-0.1, -0.05) is 0 Å². The maximum atomic E-state index is 14.1. The van der Waals surface area contributed by atoms with Crippen LogP contribution in [-0.4, -0.2) is 20.1 Å². The minimum Gasteiger partial charge on any atom is -0.453 e. The van der Waals surface area contributed by atoms with E-state index in [4.69, 9.17) is 4.74 Å². The molecular weight excluding hydrogens is 347 g/mol. The van der Waals surface area contributed by atoms with Crippen molar-refractivity contribution in [1.29, 1.82) is 0 Å². The molecule has 0 aliphatic rings. The van der Waals surface area contributed by atoms with Crippen molar-refractivity contribution in [1.82, 2.24) is 15.2 Å². The Labute approximate surface area is 143 Å². The molecule has 0 fully saturated rings. The second-order valence-corrected chi connectivity index (χ2v) is 6.15. The van der Waals surface area contributed by atoms with Crippen molar-refractivity contribution in [2.24, 2.45) is 0 Å². The van der Waals surface area contributed by atoms with Crippen molar-refractivity contribution in [2.75, 3.05) is 0 Å². The topological polar surface area (TPSA) is 93.9 Å². The van der Waals surface area contributed by atoms with Gasteiger partial charge in [0.1, 0.15) is 5.75 Å². The molecule has 0 atom stereocenters. The predicted molar refractivity (Wildman–Crippen MR) is 90.3 cm³/mol. The molecule has 0 spiro atoms. The largest absolute Gasteiger partial charge is 0.453 e. The number of H-pyrrole nitrogens is 1. The summed E-state index contributed by atoms with van der Waals surface area (Å²) in [5, 5.41) is 17.4. The standard InChI is InChI=1S/C16H9FN4O3S/c17-11-5-10(21(22)23)1-2-13(11)24-14-3-4-18-12-6-15(25-16(12)14)9-7-19-20-8-9/h1-8H,(H,19,20). The summed E-state index contributed by atoms with van der Waals surface area (Å²) in [6.07, 6.45) is 5.02. The number of benzene rings is 1. The maximum Gasteiger partial charge on any atom is 0.272 e. The normalized spacial score (nSPS) is 10.9. The molecule has 1 aromatic carbocycles. The number of nitro groups is 1. The number of rotatable bonds is 4. The molecule has 0 aliphatic heterocycles. The van der Waals surface area contributed by atoms with Crippen molar-refractivity contribution >= 4 is 27.2 Å². The number of aromatic nitrogens is 3. The molecule has 9 heteroatoms. The Kier molecular flexibility index (Phi) is 3.62. The first kappa shape index (κ1) is 15.2. The predicted octanol–water partition coefficient (Wildman–Crippen LogP) is 4.53. The van der Waals surface area contributed by atoms with Gasteiger partial charge in [-0.15, -0.1) is 11.3 Å². The van der Waals surface area contributed by atoms with Crippen LogP contribution < -0.4 is 4.74 Å². The SMILES string of the molecule is O=[N+]([O-])c1ccc(Oc2ccnc3cc(-c4cn[nH]c4)sc23)c(F)c1. The number of nitrogens with zero attached hydrogens (tertiary/aromatic N) is 3. The molecule has 0 saturated carbocycles. The van der Waals surface area contributed by atoms with Crippen LogP contribution in [0.1, 0.15) is 0 Å². The molecule has 3 aromatic heterocycles. The van der Waals surface area contributed by atoms with E-state index in [0.29, 0.717) is 11.3 Å². The average molecular weight is 356 g/mol. The summed E-state index contributed by atoms with van der Waals surface area (Å²) in [6, 6.07) is 6.79. The number of nitrogens with one attached hydrogen (secondary N) is 1. The third-order valence-electron chi connectivity index (χ3n) is 3.50. The van der Waals surface area contributed by atoms with Gasteiger partial charge in [-0.3, -0.25) is 20.2 Å². The molecule has 0 aliphatic carbocycles. The molecule has 124 valence electrons. The molecule has 0 radical (unpaired) electrons. The van der Waals surface area contributed by atoms with Crippen LogP contribution >= 0.6 is 11.3 Å². The minimum absolute atomic E-state index is 0.0867. The van der Waals surface area contributed by atoms with Crippen molar-refractivity contribution in [3.05, 3.63) is 64.9 Å². The highest BCUT2D eigenvalue weighted by atomic mass is 32.1. The van der Waals surface area contributed by atoms with Gasteiger partial charge in [0.2, 0.25) is 0 Å². The Bertz CT molecular complexity index is 1080. The quantitative estimate of drug-likeness (QED) is 0.428. The molecule has 0 amide bonds. The van der Waals surface area contributed by atoms with E-state index in [9.17, 15) is 14.5 Å². The number of fused-ring (bicyclic) bond motifs is 1. The summed E-state index contributed by atoms with van der Waals surface area (Å²) in [5.74, 6) is -0.459. The fraction of sp³-hybridized carbons (Fsp3) is 0. The molecule has 1 N–H and O–H groups in total. The number of aromatic amines is 1. The molecule has 3 heterocycles. The van der Waals surface area contributed by atoms with Gasteiger partial charge >= 0.3 is 0 Å². The van der Waals surface area contributed by atoms with Crippen LogP contribution in [0.4, 0.5) is 10.1 Å². The van der Waals surface area contributed by atoms with Gasteiger partial charge in [-0.25, -0.2) is 4.39 Å². The first-order valence-electron chi connectivity index (χ1n) is 7.11. The average Bonchev–Trinajstić information content (AvgIpc) is 3.25. The van der Waals surface area contributed by atoms with Gasteiger partial charge in [0, 0.05) is 35.0 Å². The summed E-state index contributed by atoms with van der Waals surface area (Å²) in [7, 11) is 0. The smallest absolute Gasteiger partial charge is 0.272 e. The van der Waals surface area contributed by atoms with Crippen LogP contribution in [0.5, 0.6) is 11.5 Å². The second kappa shape index (κ2) is 5.95. The van der Waals surface area contributed by atoms with Crippen LogP contribution in [0.15, 0.2) is 48.9 Å². The summed E-state index contributed by atoms with van der Waals surface area (Å²) in [4.78, 5) is 15.3. The van der Waals surface area contributed by atoms with E-state index >= 15 is 0 Å². The lowest BCUT2D eigenvalue weighted by atomic mass is 10.2. The lowest BCUT2D eigenvalue weighted by molar-refractivity contribution is -0.385.